The quantitative estimate of drug-likeness (QED) is 0.730. The van der Waals surface area contributed by atoms with E-state index in [1.54, 1.807) is 11.8 Å². The SMILES string of the molecule is COc1nn(-c2ncc(C(=O)NC3CCC(O)CC3)cn2)c2ccccc12. The van der Waals surface area contributed by atoms with Crippen molar-refractivity contribution in [1.82, 2.24) is 25.1 Å². The molecule has 140 valence electrons. The minimum absolute atomic E-state index is 0.0832. The molecule has 1 aliphatic rings. The van der Waals surface area contributed by atoms with Crippen molar-refractivity contribution in [1.29, 1.82) is 0 Å². The van der Waals surface area contributed by atoms with E-state index in [9.17, 15) is 9.90 Å². The second-order valence-electron chi connectivity index (χ2n) is 6.69. The van der Waals surface area contributed by atoms with E-state index in [-0.39, 0.29) is 18.1 Å². The molecule has 0 unspecified atom stereocenters. The fourth-order valence-corrected chi connectivity index (χ4v) is 3.38. The number of aliphatic hydroxyl groups is 1. The maximum Gasteiger partial charge on any atom is 0.254 e. The van der Waals surface area contributed by atoms with Gasteiger partial charge in [-0.3, -0.25) is 4.79 Å². The van der Waals surface area contributed by atoms with E-state index < -0.39 is 0 Å². The lowest BCUT2D eigenvalue weighted by Crippen LogP contribution is -2.38. The summed E-state index contributed by atoms with van der Waals surface area (Å²) in [5, 5.41) is 17.8. The van der Waals surface area contributed by atoms with Crippen LogP contribution in [0.3, 0.4) is 0 Å². The molecule has 0 aliphatic heterocycles. The van der Waals surface area contributed by atoms with E-state index in [0.717, 1.165) is 23.7 Å². The molecule has 2 aromatic heterocycles. The Balaban J connectivity index is 1.53. The van der Waals surface area contributed by atoms with Crippen molar-refractivity contribution in [2.75, 3.05) is 7.11 Å². The molecule has 2 heterocycles. The predicted molar refractivity (Wildman–Crippen MR) is 98.9 cm³/mol. The fourth-order valence-electron chi connectivity index (χ4n) is 3.38. The van der Waals surface area contributed by atoms with Crippen LogP contribution in [0.5, 0.6) is 5.88 Å². The van der Waals surface area contributed by atoms with Crippen LogP contribution in [0.1, 0.15) is 36.0 Å². The summed E-state index contributed by atoms with van der Waals surface area (Å²) in [7, 11) is 1.57. The molecule has 1 aliphatic carbocycles. The van der Waals surface area contributed by atoms with Gasteiger partial charge < -0.3 is 15.2 Å². The van der Waals surface area contributed by atoms with Gasteiger partial charge in [0.1, 0.15) is 0 Å². The Kier molecular flexibility index (Phi) is 4.72. The number of carbonyl (C=O) groups excluding carboxylic acids is 1. The van der Waals surface area contributed by atoms with Gasteiger partial charge in [0.05, 0.1) is 29.7 Å². The van der Waals surface area contributed by atoms with Crippen molar-refractivity contribution in [2.24, 2.45) is 0 Å². The molecule has 1 fully saturated rings. The van der Waals surface area contributed by atoms with Gasteiger partial charge in [-0.15, -0.1) is 5.10 Å². The van der Waals surface area contributed by atoms with Crippen molar-refractivity contribution in [3.63, 3.8) is 0 Å². The number of methoxy groups -OCH3 is 1. The van der Waals surface area contributed by atoms with Crippen LogP contribution in [0.2, 0.25) is 0 Å². The molecule has 27 heavy (non-hydrogen) atoms. The summed E-state index contributed by atoms with van der Waals surface area (Å²) in [6.07, 6.45) is 5.75. The summed E-state index contributed by atoms with van der Waals surface area (Å²) in [6, 6.07) is 7.73. The van der Waals surface area contributed by atoms with Crippen LogP contribution in [-0.4, -0.2) is 50.0 Å². The zero-order valence-electron chi connectivity index (χ0n) is 15.0. The minimum atomic E-state index is -0.248. The van der Waals surface area contributed by atoms with E-state index in [2.05, 4.69) is 20.4 Å². The molecule has 1 saturated carbocycles. The van der Waals surface area contributed by atoms with E-state index in [1.165, 1.54) is 12.4 Å². The second-order valence-corrected chi connectivity index (χ2v) is 6.69. The van der Waals surface area contributed by atoms with Crippen molar-refractivity contribution in [2.45, 2.75) is 37.8 Å². The predicted octanol–water partition coefficient (Wildman–Crippen LogP) is 1.86. The lowest BCUT2D eigenvalue weighted by Gasteiger charge is -2.26. The first-order chi connectivity index (χ1) is 13.2. The summed E-state index contributed by atoms with van der Waals surface area (Å²) < 4.78 is 6.91. The Hall–Kier alpha value is -3.00. The molecule has 8 heteroatoms. The van der Waals surface area contributed by atoms with Crippen LogP contribution in [0.25, 0.3) is 16.9 Å². The van der Waals surface area contributed by atoms with E-state index in [0.29, 0.717) is 30.2 Å². The van der Waals surface area contributed by atoms with Gasteiger partial charge in [0.2, 0.25) is 5.88 Å². The molecular weight excluding hydrogens is 346 g/mol. The molecule has 0 bridgehead atoms. The normalized spacial score (nSPS) is 19.8. The maximum absolute atomic E-state index is 12.4. The smallest absolute Gasteiger partial charge is 0.254 e. The van der Waals surface area contributed by atoms with Crippen molar-refractivity contribution in [3.8, 4) is 11.8 Å². The number of nitrogens with one attached hydrogen (secondary N) is 1. The van der Waals surface area contributed by atoms with Crippen LogP contribution < -0.4 is 10.1 Å². The number of rotatable bonds is 4. The molecule has 4 rings (SSSR count). The molecule has 0 atom stereocenters. The third-order valence-electron chi connectivity index (χ3n) is 4.87. The van der Waals surface area contributed by atoms with Crippen LogP contribution in [0.15, 0.2) is 36.7 Å². The second kappa shape index (κ2) is 7.32. The zero-order chi connectivity index (χ0) is 18.8. The highest BCUT2D eigenvalue weighted by molar-refractivity contribution is 5.93. The third-order valence-corrected chi connectivity index (χ3v) is 4.87. The first-order valence-electron chi connectivity index (χ1n) is 8.99. The Morgan fingerprint density at radius 1 is 1.19 bits per heavy atom. The number of para-hydroxylation sites is 1. The molecule has 1 amide bonds. The van der Waals surface area contributed by atoms with Crippen molar-refractivity contribution >= 4 is 16.8 Å². The summed E-state index contributed by atoms with van der Waals surface area (Å²) in [6.45, 7) is 0. The zero-order valence-corrected chi connectivity index (χ0v) is 15.0. The lowest BCUT2D eigenvalue weighted by molar-refractivity contribution is 0.0867. The minimum Gasteiger partial charge on any atom is -0.479 e. The van der Waals surface area contributed by atoms with Crippen molar-refractivity contribution in [3.05, 3.63) is 42.2 Å². The number of carbonyl (C=O) groups is 1. The van der Waals surface area contributed by atoms with Gasteiger partial charge in [-0.05, 0) is 37.8 Å². The van der Waals surface area contributed by atoms with Gasteiger partial charge in [0.15, 0.2) is 0 Å². The molecule has 0 spiro atoms. The molecule has 0 saturated heterocycles. The van der Waals surface area contributed by atoms with Gasteiger partial charge >= 0.3 is 0 Å². The average Bonchev–Trinajstić information content (AvgIpc) is 3.09. The number of amides is 1. The summed E-state index contributed by atoms with van der Waals surface area (Å²) >= 11 is 0. The molecular formula is C19H21N5O3. The third kappa shape index (κ3) is 3.48. The highest BCUT2D eigenvalue weighted by atomic mass is 16.5. The number of benzene rings is 1. The first-order valence-corrected chi connectivity index (χ1v) is 8.99. The Morgan fingerprint density at radius 3 is 2.59 bits per heavy atom. The van der Waals surface area contributed by atoms with Gasteiger partial charge in [0.25, 0.3) is 11.9 Å². The number of aromatic nitrogens is 4. The van der Waals surface area contributed by atoms with E-state index >= 15 is 0 Å². The Bertz CT molecular complexity index is 946. The number of nitrogens with zero attached hydrogens (tertiary/aromatic N) is 4. The molecule has 8 nitrogen and oxygen atoms in total. The van der Waals surface area contributed by atoms with E-state index in [4.69, 9.17) is 4.74 Å². The summed E-state index contributed by atoms with van der Waals surface area (Å²) in [5.74, 6) is 0.660. The monoisotopic (exact) mass is 367 g/mol. The first kappa shape index (κ1) is 17.4. The molecule has 2 N–H and O–H groups in total. The summed E-state index contributed by atoms with van der Waals surface area (Å²) in [4.78, 5) is 21.0. The number of hydrogen-bond acceptors (Lipinski definition) is 6. The van der Waals surface area contributed by atoms with Crippen LogP contribution in [0.4, 0.5) is 0 Å². The lowest BCUT2D eigenvalue weighted by atomic mass is 9.93. The van der Waals surface area contributed by atoms with Gasteiger partial charge in [-0.1, -0.05) is 12.1 Å². The number of ether oxygens (including phenoxy) is 1. The largest absolute Gasteiger partial charge is 0.479 e. The maximum atomic E-state index is 12.4. The summed E-state index contributed by atoms with van der Waals surface area (Å²) in [5.41, 5.74) is 1.22. The number of aliphatic hydroxyl groups excluding tert-OH is 1. The topological polar surface area (TPSA) is 102 Å². The van der Waals surface area contributed by atoms with Crippen molar-refractivity contribution < 1.29 is 14.6 Å². The number of fused-ring (bicyclic) bond motifs is 1. The van der Waals surface area contributed by atoms with Crippen LogP contribution >= 0.6 is 0 Å². The highest BCUT2D eigenvalue weighted by Crippen LogP contribution is 2.25. The van der Waals surface area contributed by atoms with Gasteiger partial charge in [0, 0.05) is 18.4 Å². The number of hydrogen-bond donors (Lipinski definition) is 2. The molecule has 1 aromatic carbocycles. The highest BCUT2D eigenvalue weighted by Gasteiger charge is 2.22. The Labute approximate surface area is 156 Å². The average molecular weight is 367 g/mol. The van der Waals surface area contributed by atoms with Crippen LogP contribution in [0, 0.1) is 0 Å². The van der Waals surface area contributed by atoms with E-state index in [1.807, 2.05) is 24.3 Å². The molecule has 0 radical (unpaired) electrons. The van der Waals surface area contributed by atoms with Gasteiger partial charge in [-0.25, -0.2) is 9.97 Å². The van der Waals surface area contributed by atoms with Gasteiger partial charge in [-0.2, -0.15) is 4.68 Å². The Morgan fingerprint density at radius 2 is 1.89 bits per heavy atom. The standard InChI is InChI=1S/C19H21N5O3/c1-27-18-15-4-2-3-5-16(15)24(23-18)19-20-10-12(11-21-19)17(26)22-13-6-8-14(25)9-7-13/h2-5,10-11,13-14,25H,6-9H2,1H3,(H,22,26). The van der Waals surface area contributed by atoms with Crippen LogP contribution in [-0.2, 0) is 0 Å². The fraction of sp³-hybridized carbons (Fsp3) is 0.368. The molecule has 3 aromatic rings.